The Labute approximate surface area is 115 Å². The van der Waals surface area contributed by atoms with Gasteiger partial charge in [0.1, 0.15) is 6.54 Å². The average Bonchev–Trinajstić information content (AvgIpc) is 2.76. The number of nitrogens with zero attached hydrogens (tertiary/aromatic N) is 1. The Bertz CT molecular complexity index is 435. The predicted molar refractivity (Wildman–Crippen MR) is 76.1 cm³/mol. The van der Waals surface area contributed by atoms with Crippen molar-refractivity contribution in [2.45, 2.75) is 53.1 Å². The van der Waals surface area contributed by atoms with Crippen LogP contribution in [0.1, 0.15) is 50.9 Å². The highest BCUT2D eigenvalue weighted by Crippen LogP contribution is 2.09. The van der Waals surface area contributed by atoms with Gasteiger partial charge in [-0.05, 0) is 19.4 Å². The predicted octanol–water partition coefficient (Wildman–Crippen LogP) is 2.63. The lowest BCUT2D eigenvalue weighted by Gasteiger charge is -2.12. The van der Waals surface area contributed by atoms with E-state index >= 15 is 0 Å². The molecule has 1 rings (SSSR count). The van der Waals surface area contributed by atoms with Gasteiger partial charge in [-0.15, -0.1) is 0 Å². The number of carbonyl (C=O) groups is 2. The van der Waals surface area contributed by atoms with Crippen LogP contribution in [0.5, 0.6) is 0 Å². The van der Waals surface area contributed by atoms with Crippen molar-refractivity contribution in [1.82, 2.24) is 9.88 Å². The monoisotopic (exact) mass is 264 g/mol. The molecule has 1 N–H and O–H groups in total. The summed E-state index contributed by atoms with van der Waals surface area (Å²) in [4.78, 5) is 23.6. The fourth-order valence-corrected chi connectivity index (χ4v) is 2.01. The Morgan fingerprint density at radius 1 is 1.32 bits per heavy atom. The first-order chi connectivity index (χ1) is 8.93. The number of Topliss-reactive ketones (excluding diaryl/α,β-unsaturated/α-hetero) is 1. The molecule has 1 unspecified atom stereocenters. The molecule has 106 valence electrons. The van der Waals surface area contributed by atoms with Crippen LogP contribution >= 0.6 is 0 Å². The minimum atomic E-state index is -0.0192. The summed E-state index contributed by atoms with van der Waals surface area (Å²) in [5.41, 5.74) is 0.671. The number of rotatable bonds is 7. The van der Waals surface area contributed by atoms with Crippen molar-refractivity contribution in [3.05, 3.63) is 24.0 Å². The number of ketones is 1. The lowest BCUT2D eigenvalue weighted by Crippen LogP contribution is -2.34. The standard InChI is InChI=1S/C15H24N2O2/c1-5-6-12(4)16-14(18)10-17-8-7-13(9-17)15(19)11(2)3/h7-9,11-12H,5-6,10H2,1-4H3,(H,16,18). The van der Waals surface area contributed by atoms with Crippen molar-refractivity contribution in [2.75, 3.05) is 0 Å². The minimum absolute atomic E-state index is 0.0138. The zero-order chi connectivity index (χ0) is 14.4. The van der Waals surface area contributed by atoms with Crippen molar-refractivity contribution in [2.24, 2.45) is 5.92 Å². The van der Waals surface area contributed by atoms with Gasteiger partial charge >= 0.3 is 0 Å². The van der Waals surface area contributed by atoms with Crippen molar-refractivity contribution >= 4 is 11.7 Å². The average molecular weight is 264 g/mol. The van der Waals surface area contributed by atoms with Crippen LogP contribution in [-0.4, -0.2) is 22.3 Å². The fourth-order valence-electron chi connectivity index (χ4n) is 2.01. The molecule has 0 saturated heterocycles. The molecule has 1 amide bonds. The second kappa shape index (κ2) is 7.12. The zero-order valence-corrected chi connectivity index (χ0v) is 12.3. The Morgan fingerprint density at radius 2 is 2.00 bits per heavy atom. The van der Waals surface area contributed by atoms with Gasteiger partial charge in [0, 0.05) is 29.9 Å². The lowest BCUT2D eigenvalue weighted by atomic mass is 10.0. The summed E-state index contributed by atoms with van der Waals surface area (Å²) in [6, 6.07) is 1.97. The molecule has 4 heteroatoms. The molecule has 1 heterocycles. The van der Waals surface area contributed by atoms with E-state index in [1.165, 1.54) is 0 Å². The van der Waals surface area contributed by atoms with Crippen LogP contribution in [0.4, 0.5) is 0 Å². The first-order valence-electron chi connectivity index (χ1n) is 6.93. The SMILES string of the molecule is CCCC(C)NC(=O)Cn1ccc(C(=O)C(C)C)c1. The molecular formula is C15H24N2O2. The third-order valence-corrected chi connectivity index (χ3v) is 3.01. The van der Waals surface area contributed by atoms with E-state index in [2.05, 4.69) is 12.2 Å². The second-order valence-corrected chi connectivity index (χ2v) is 5.35. The highest BCUT2D eigenvalue weighted by atomic mass is 16.2. The van der Waals surface area contributed by atoms with Crippen LogP contribution in [0.2, 0.25) is 0 Å². The van der Waals surface area contributed by atoms with Crippen LogP contribution in [0.25, 0.3) is 0 Å². The molecule has 0 aliphatic heterocycles. The Hall–Kier alpha value is -1.58. The first-order valence-corrected chi connectivity index (χ1v) is 6.93. The molecule has 1 atom stereocenters. The van der Waals surface area contributed by atoms with Gasteiger partial charge in [-0.2, -0.15) is 0 Å². The molecule has 1 aromatic heterocycles. The van der Waals surface area contributed by atoms with Crippen LogP contribution in [0.15, 0.2) is 18.5 Å². The molecule has 0 fully saturated rings. The molecule has 4 nitrogen and oxygen atoms in total. The molecular weight excluding hydrogens is 240 g/mol. The molecule has 19 heavy (non-hydrogen) atoms. The van der Waals surface area contributed by atoms with Gasteiger partial charge in [0.05, 0.1) is 0 Å². The summed E-state index contributed by atoms with van der Waals surface area (Å²) in [7, 11) is 0. The maximum absolute atomic E-state index is 11.8. The summed E-state index contributed by atoms with van der Waals surface area (Å²) in [6.45, 7) is 8.11. The van der Waals surface area contributed by atoms with Crippen LogP contribution < -0.4 is 5.32 Å². The van der Waals surface area contributed by atoms with E-state index in [4.69, 9.17) is 0 Å². The van der Waals surface area contributed by atoms with Crippen LogP contribution in [-0.2, 0) is 11.3 Å². The normalized spacial score (nSPS) is 12.5. The van der Waals surface area contributed by atoms with Gasteiger partial charge < -0.3 is 9.88 Å². The number of hydrogen-bond donors (Lipinski definition) is 1. The van der Waals surface area contributed by atoms with Gasteiger partial charge in [-0.1, -0.05) is 27.2 Å². The topological polar surface area (TPSA) is 51.1 Å². The highest BCUT2D eigenvalue weighted by Gasteiger charge is 2.13. The Kier molecular flexibility index (Phi) is 5.80. The highest BCUT2D eigenvalue weighted by molar-refractivity contribution is 5.97. The largest absolute Gasteiger partial charge is 0.352 e. The van der Waals surface area contributed by atoms with Crippen LogP contribution in [0.3, 0.4) is 0 Å². The molecule has 0 aromatic carbocycles. The van der Waals surface area contributed by atoms with Gasteiger partial charge in [0.2, 0.25) is 5.91 Å². The molecule has 0 aliphatic rings. The van der Waals surface area contributed by atoms with E-state index in [-0.39, 0.29) is 30.2 Å². The number of aromatic nitrogens is 1. The molecule has 0 aliphatic carbocycles. The van der Waals surface area contributed by atoms with E-state index in [1.807, 2.05) is 20.8 Å². The molecule has 0 spiro atoms. The van der Waals surface area contributed by atoms with Gasteiger partial charge in [-0.3, -0.25) is 9.59 Å². The quantitative estimate of drug-likeness (QED) is 0.770. The summed E-state index contributed by atoms with van der Waals surface area (Å²) >= 11 is 0. The van der Waals surface area contributed by atoms with Crippen molar-refractivity contribution in [1.29, 1.82) is 0 Å². The first kappa shape index (κ1) is 15.5. The summed E-state index contributed by atoms with van der Waals surface area (Å²) < 4.78 is 1.75. The third-order valence-electron chi connectivity index (χ3n) is 3.01. The summed E-state index contributed by atoms with van der Waals surface area (Å²) in [6.07, 6.45) is 5.55. The molecule has 1 aromatic rings. The van der Waals surface area contributed by atoms with Gasteiger partial charge in [-0.25, -0.2) is 0 Å². The smallest absolute Gasteiger partial charge is 0.240 e. The summed E-state index contributed by atoms with van der Waals surface area (Å²) in [5, 5.41) is 2.95. The number of nitrogens with one attached hydrogen (secondary N) is 1. The maximum atomic E-state index is 11.8. The van der Waals surface area contributed by atoms with Crippen molar-refractivity contribution in [3.8, 4) is 0 Å². The number of amides is 1. The molecule has 0 bridgehead atoms. The summed E-state index contributed by atoms with van der Waals surface area (Å²) in [5.74, 6) is 0.0767. The molecule has 0 radical (unpaired) electrons. The fraction of sp³-hybridized carbons (Fsp3) is 0.600. The van der Waals surface area contributed by atoms with E-state index < -0.39 is 0 Å². The van der Waals surface area contributed by atoms with Crippen molar-refractivity contribution < 1.29 is 9.59 Å². The Balaban J connectivity index is 2.54. The minimum Gasteiger partial charge on any atom is -0.352 e. The lowest BCUT2D eigenvalue weighted by molar-refractivity contribution is -0.122. The second-order valence-electron chi connectivity index (χ2n) is 5.35. The van der Waals surface area contributed by atoms with Gasteiger partial charge in [0.25, 0.3) is 0 Å². The van der Waals surface area contributed by atoms with E-state index in [0.717, 1.165) is 12.8 Å². The maximum Gasteiger partial charge on any atom is 0.240 e. The van der Waals surface area contributed by atoms with Gasteiger partial charge in [0.15, 0.2) is 5.78 Å². The van der Waals surface area contributed by atoms with E-state index in [0.29, 0.717) is 5.56 Å². The number of hydrogen-bond acceptors (Lipinski definition) is 2. The Morgan fingerprint density at radius 3 is 2.58 bits per heavy atom. The third kappa shape index (κ3) is 4.89. The molecule has 0 saturated carbocycles. The zero-order valence-electron chi connectivity index (χ0n) is 12.3. The van der Waals surface area contributed by atoms with E-state index in [9.17, 15) is 9.59 Å². The van der Waals surface area contributed by atoms with Crippen molar-refractivity contribution in [3.63, 3.8) is 0 Å². The van der Waals surface area contributed by atoms with E-state index in [1.54, 1.807) is 23.0 Å². The number of carbonyl (C=O) groups excluding carboxylic acids is 2. The van der Waals surface area contributed by atoms with Crippen LogP contribution in [0, 0.1) is 5.92 Å².